The van der Waals surface area contributed by atoms with Crippen LogP contribution in [0.15, 0.2) is 47.6 Å². The van der Waals surface area contributed by atoms with Gasteiger partial charge in [-0.15, -0.1) is 5.10 Å². The molecule has 1 N–H and O–H groups in total. The third-order valence-electron chi connectivity index (χ3n) is 4.08. The molecule has 0 amide bonds. The van der Waals surface area contributed by atoms with E-state index in [9.17, 15) is 5.11 Å². The number of thioether (sulfide) groups is 1. The molecule has 2 aromatic carbocycles. The fraction of sp³-hybridized carbons (Fsp3) is 0.263. The van der Waals surface area contributed by atoms with Crippen LogP contribution in [0.4, 0.5) is 0 Å². The largest absolute Gasteiger partial charge is 0.491 e. The minimum Gasteiger partial charge on any atom is -0.491 e. The topological polar surface area (TPSA) is 96.8 Å². The van der Waals surface area contributed by atoms with Gasteiger partial charge in [0.25, 0.3) is 0 Å². The van der Waals surface area contributed by atoms with Gasteiger partial charge >= 0.3 is 0 Å². The summed E-state index contributed by atoms with van der Waals surface area (Å²) in [5, 5.41) is 31.5. The van der Waals surface area contributed by atoms with Crippen molar-refractivity contribution in [3.05, 3.63) is 59.2 Å². The molecule has 138 valence electrons. The van der Waals surface area contributed by atoms with E-state index in [4.69, 9.17) is 10.00 Å². The molecule has 0 spiro atoms. The van der Waals surface area contributed by atoms with Crippen LogP contribution in [0.1, 0.15) is 16.7 Å². The van der Waals surface area contributed by atoms with Gasteiger partial charge in [-0.05, 0) is 65.7 Å². The van der Waals surface area contributed by atoms with Crippen molar-refractivity contribution < 1.29 is 9.84 Å². The second-order valence-corrected chi connectivity index (χ2v) is 6.99. The van der Waals surface area contributed by atoms with Crippen molar-refractivity contribution in [3.8, 4) is 17.5 Å². The van der Waals surface area contributed by atoms with Crippen molar-refractivity contribution in [1.82, 2.24) is 20.2 Å². The van der Waals surface area contributed by atoms with Crippen LogP contribution in [0.2, 0.25) is 0 Å². The van der Waals surface area contributed by atoms with E-state index >= 15 is 0 Å². The summed E-state index contributed by atoms with van der Waals surface area (Å²) in [6.45, 7) is 4.21. The van der Waals surface area contributed by atoms with Gasteiger partial charge in [0.05, 0.1) is 23.4 Å². The molecule has 8 heteroatoms. The molecule has 1 aromatic heterocycles. The Kier molecular flexibility index (Phi) is 6.06. The number of hydrogen-bond acceptors (Lipinski definition) is 7. The Bertz CT molecular complexity index is 949. The van der Waals surface area contributed by atoms with Crippen molar-refractivity contribution in [1.29, 1.82) is 5.26 Å². The number of rotatable bonds is 7. The summed E-state index contributed by atoms with van der Waals surface area (Å²) in [5.41, 5.74) is 3.76. The third kappa shape index (κ3) is 4.64. The predicted molar refractivity (Wildman–Crippen MR) is 102 cm³/mol. The van der Waals surface area contributed by atoms with Crippen molar-refractivity contribution >= 4 is 11.8 Å². The third-order valence-corrected chi connectivity index (χ3v) is 5.14. The highest BCUT2D eigenvalue weighted by Gasteiger charge is 2.14. The Morgan fingerprint density at radius 3 is 2.74 bits per heavy atom. The zero-order valence-electron chi connectivity index (χ0n) is 15.0. The predicted octanol–water partition coefficient (Wildman–Crippen LogP) is 2.68. The molecular formula is C19H19N5O2S. The molecule has 0 fully saturated rings. The monoisotopic (exact) mass is 381 g/mol. The van der Waals surface area contributed by atoms with Crippen molar-refractivity contribution in [2.75, 3.05) is 12.4 Å². The van der Waals surface area contributed by atoms with Gasteiger partial charge in [-0.2, -0.15) is 9.94 Å². The highest BCUT2D eigenvalue weighted by atomic mass is 32.2. The standard InChI is InChI=1S/C19H19N5O2S/c1-13-4-3-5-18(14(13)2)24-19(21-22-23-24)27-12-16(25)11-26-17-8-6-15(10-20)7-9-17/h3-9,16,25H,11-12H2,1-2H3. The van der Waals surface area contributed by atoms with Crippen molar-refractivity contribution in [3.63, 3.8) is 0 Å². The molecule has 3 aromatic rings. The first-order chi connectivity index (χ1) is 13.1. The number of hydrogen-bond donors (Lipinski definition) is 1. The number of nitrogens with zero attached hydrogens (tertiary/aromatic N) is 5. The minimum absolute atomic E-state index is 0.143. The first kappa shape index (κ1) is 18.9. The Labute approximate surface area is 161 Å². The number of benzene rings is 2. The maximum Gasteiger partial charge on any atom is 0.214 e. The summed E-state index contributed by atoms with van der Waals surface area (Å²) in [7, 11) is 0. The zero-order valence-corrected chi connectivity index (χ0v) is 15.8. The fourth-order valence-electron chi connectivity index (χ4n) is 2.42. The molecule has 0 aliphatic rings. The molecule has 7 nitrogen and oxygen atoms in total. The lowest BCUT2D eigenvalue weighted by molar-refractivity contribution is 0.126. The molecule has 3 rings (SSSR count). The molecule has 0 bridgehead atoms. The second-order valence-electron chi connectivity index (χ2n) is 6.00. The van der Waals surface area contributed by atoms with E-state index in [1.165, 1.54) is 11.8 Å². The van der Waals surface area contributed by atoms with Crippen LogP contribution in [0.25, 0.3) is 5.69 Å². The van der Waals surface area contributed by atoms with E-state index in [1.807, 2.05) is 32.0 Å². The van der Waals surface area contributed by atoms with Crippen molar-refractivity contribution in [2.24, 2.45) is 0 Å². The Morgan fingerprint density at radius 2 is 2.00 bits per heavy atom. The van der Waals surface area contributed by atoms with Gasteiger partial charge in [-0.1, -0.05) is 23.9 Å². The first-order valence-electron chi connectivity index (χ1n) is 8.37. The van der Waals surface area contributed by atoms with Crippen LogP contribution in [-0.4, -0.2) is 43.8 Å². The van der Waals surface area contributed by atoms with Crippen LogP contribution in [0, 0.1) is 25.2 Å². The summed E-state index contributed by atoms with van der Waals surface area (Å²) >= 11 is 1.37. The normalized spacial score (nSPS) is 11.8. The molecule has 0 aliphatic carbocycles. The minimum atomic E-state index is -0.686. The number of aliphatic hydroxyl groups excluding tert-OH is 1. The van der Waals surface area contributed by atoms with Gasteiger partial charge in [0.1, 0.15) is 12.4 Å². The lowest BCUT2D eigenvalue weighted by Gasteiger charge is -2.13. The highest BCUT2D eigenvalue weighted by Crippen LogP contribution is 2.23. The van der Waals surface area contributed by atoms with E-state index in [0.29, 0.717) is 22.2 Å². The molecule has 0 saturated heterocycles. The maximum absolute atomic E-state index is 10.2. The number of aryl methyl sites for hydroxylation is 1. The summed E-state index contributed by atoms with van der Waals surface area (Å²) in [6.07, 6.45) is -0.686. The summed E-state index contributed by atoms with van der Waals surface area (Å²) < 4.78 is 7.24. The summed E-state index contributed by atoms with van der Waals surface area (Å²) in [4.78, 5) is 0. The van der Waals surface area contributed by atoms with Crippen LogP contribution < -0.4 is 4.74 Å². The van der Waals surface area contributed by atoms with E-state index < -0.39 is 6.10 Å². The number of aromatic nitrogens is 4. The highest BCUT2D eigenvalue weighted by molar-refractivity contribution is 7.99. The number of aliphatic hydroxyl groups is 1. The summed E-state index contributed by atoms with van der Waals surface area (Å²) in [5.74, 6) is 1.000. The van der Waals surface area contributed by atoms with Gasteiger partial charge < -0.3 is 9.84 Å². The van der Waals surface area contributed by atoms with Gasteiger partial charge in [0.15, 0.2) is 0 Å². The van der Waals surface area contributed by atoms with Crippen molar-refractivity contribution in [2.45, 2.75) is 25.1 Å². The number of nitriles is 1. The zero-order chi connectivity index (χ0) is 19.2. The quantitative estimate of drug-likeness (QED) is 0.628. The van der Waals surface area contributed by atoms with E-state index in [-0.39, 0.29) is 6.61 Å². The Hall–Kier alpha value is -2.89. The van der Waals surface area contributed by atoms with Gasteiger partial charge in [-0.3, -0.25) is 0 Å². The average molecular weight is 381 g/mol. The van der Waals surface area contributed by atoms with E-state index in [0.717, 1.165) is 16.8 Å². The van der Waals surface area contributed by atoms with Crippen LogP contribution in [0.5, 0.6) is 5.75 Å². The van der Waals surface area contributed by atoms with Crippen LogP contribution in [-0.2, 0) is 0 Å². The molecule has 27 heavy (non-hydrogen) atoms. The average Bonchev–Trinajstić information content (AvgIpc) is 3.15. The molecule has 1 atom stereocenters. The van der Waals surface area contributed by atoms with E-state index in [1.54, 1.807) is 28.9 Å². The molecular weight excluding hydrogens is 362 g/mol. The lowest BCUT2D eigenvalue weighted by atomic mass is 10.1. The van der Waals surface area contributed by atoms with Gasteiger partial charge in [0.2, 0.25) is 5.16 Å². The fourth-order valence-corrected chi connectivity index (χ4v) is 3.21. The van der Waals surface area contributed by atoms with Gasteiger partial charge in [-0.25, -0.2) is 0 Å². The molecule has 0 saturated carbocycles. The first-order valence-corrected chi connectivity index (χ1v) is 9.36. The number of tetrazole rings is 1. The Morgan fingerprint density at radius 1 is 1.22 bits per heavy atom. The second kappa shape index (κ2) is 8.66. The van der Waals surface area contributed by atoms with Crippen LogP contribution in [0.3, 0.4) is 0 Å². The van der Waals surface area contributed by atoms with E-state index in [2.05, 4.69) is 21.6 Å². The SMILES string of the molecule is Cc1cccc(-n2nnnc2SCC(O)COc2ccc(C#N)cc2)c1C. The number of ether oxygens (including phenoxy) is 1. The summed E-state index contributed by atoms with van der Waals surface area (Å²) in [6, 6.07) is 14.8. The van der Waals surface area contributed by atoms with Crippen LogP contribution >= 0.6 is 11.8 Å². The maximum atomic E-state index is 10.2. The molecule has 0 aliphatic heterocycles. The molecule has 1 heterocycles. The lowest BCUT2D eigenvalue weighted by Crippen LogP contribution is -2.20. The van der Waals surface area contributed by atoms with Gasteiger partial charge in [0, 0.05) is 5.75 Å². The molecule has 1 unspecified atom stereocenters. The molecule has 0 radical (unpaired) electrons. The Balaban J connectivity index is 1.58. The smallest absolute Gasteiger partial charge is 0.214 e.